The van der Waals surface area contributed by atoms with E-state index >= 15 is 0 Å². The first-order valence-electron chi connectivity index (χ1n) is 5.43. The van der Waals surface area contributed by atoms with Crippen LogP contribution in [0.4, 0.5) is 18.9 Å². The van der Waals surface area contributed by atoms with E-state index in [2.05, 4.69) is 4.99 Å². The van der Waals surface area contributed by atoms with Crippen LogP contribution in [0.5, 0.6) is 0 Å². The Hall–Kier alpha value is -1.81. The van der Waals surface area contributed by atoms with Crippen LogP contribution in [0.1, 0.15) is 11.1 Å². The van der Waals surface area contributed by atoms with Crippen molar-refractivity contribution < 1.29 is 13.2 Å². The zero-order valence-electron chi connectivity index (χ0n) is 9.66. The summed E-state index contributed by atoms with van der Waals surface area (Å²) in [7, 11) is 0. The Kier molecular flexibility index (Phi) is 3.90. The molecule has 0 aliphatic carbocycles. The van der Waals surface area contributed by atoms with Crippen molar-refractivity contribution >= 4 is 23.5 Å². The van der Waals surface area contributed by atoms with Crippen molar-refractivity contribution in [1.29, 1.82) is 0 Å². The molecule has 0 aromatic heterocycles. The molecule has 2 aromatic rings. The maximum absolute atomic E-state index is 12.8. The van der Waals surface area contributed by atoms with Crippen LogP contribution in [0.3, 0.4) is 0 Å². The van der Waals surface area contributed by atoms with E-state index in [4.69, 9.17) is 11.6 Å². The molecule has 0 fully saturated rings. The summed E-state index contributed by atoms with van der Waals surface area (Å²) < 4.78 is 38.3. The van der Waals surface area contributed by atoms with Gasteiger partial charge in [0.05, 0.1) is 11.3 Å². The first kappa shape index (κ1) is 13.6. The normalized spacial score (nSPS) is 12.0. The first-order chi connectivity index (χ1) is 8.98. The summed E-state index contributed by atoms with van der Waals surface area (Å²) >= 11 is 5.91. The van der Waals surface area contributed by atoms with Crippen molar-refractivity contribution in [3.63, 3.8) is 0 Å². The number of hydrogen-bond acceptors (Lipinski definition) is 1. The van der Waals surface area contributed by atoms with Crippen molar-refractivity contribution in [2.24, 2.45) is 4.99 Å². The smallest absolute Gasteiger partial charge is 0.256 e. The molecule has 0 N–H and O–H groups in total. The molecule has 2 rings (SSSR count). The van der Waals surface area contributed by atoms with Crippen LogP contribution in [0.2, 0.25) is 5.02 Å². The van der Waals surface area contributed by atoms with E-state index in [1.165, 1.54) is 24.4 Å². The number of rotatable bonds is 2. The molecule has 0 atom stereocenters. The van der Waals surface area contributed by atoms with Gasteiger partial charge in [-0.05, 0) is 18.2 Å². The van der Waals surface area contributed by atoms with Gasteiger partial charge in [0.25, 0.3) is 0 Å². The lowest BCUT2D eigenvalue weighted by Crippen LogP contribution is -2.04. The van der Waals surface area contributed by atoms with Gasteiger partial charge >= 0.3 is 6.18 Å². The van der Waals surface area contributed by atoms with Crippen LogP contribution in [0.15, 0.2) is 53.5 Å². The molecule has 0 amide bonds. The molecule has 0 aliphatic heterocycles. The third-order valence-corrected chi connectivity index (χ3v) is 2.80. The van der Waals surface area contributed by atoms with Gasteiger partial charge in [-0.25, -0.2) is 0 Å². The van der Waals surface area contributed by atoms with Gasteiger partial charge in [-0.3, -0.25) is 4.99 Å². The highest BCUT2D eigenvalue weighted by Gasteiger charge is 2.32. The SMILES string of the molecule is FC(F)(F)c1ccccc1N=Cc1ccccc1Cl. The van der Waals surface area contributed by atoms with Gasteiger partial charge in [0.15, 0.2) is 0 Å². The zero-order chi connectivity index (χ0) is 13.9. The lowest BCUT2D eigenvalue weighted by atomic mass is 10.1. The van der Waals surface area contributed by atoms with E-state index in [0.717, 1.165) is 6.07 Å². The van der Waals surface area contributed by atoms with Gasteiger partial charge in [-0.1, -0.05) is 41.9 Å². The monoisotopic (exact) mass is 283 g/mol. The van der Waals surface area contributed by atoms with Crippen LogP contribution < -0.4 is 0 Å². The molecular weight excluding hydrogens is 275 g/mol. The minimum Gasteiger partial charge on any atom is -0.256 e. The standard InChI is InChI=1S/C14H9ClF3N/c15-12-7-3-1-5-10(12)9-19-13-8-4-2-6-11(13)14(16,17)18/h1-9H. The van der Waals surface area contributed by atoms with Crippen molar-refractivity contribution in [2.75, 3.05) is 0 Å². The highest BCUT2D eigenvalue weighted by Crippen LogP contribution is 2.35. The highest BCUT2D eigenvalue weighted by atomic mass is 35.5. The topological polar surface area (TPSA) is 12.4 Å². The Morgan fingerprint density at radius 3 is 2.26 bits per heavy atom. The number of nitrogens with zero attached hydrogens (tertiary/aromatic N) is 1. The van der Waals surface area contributed by atoms with Crippen LogP contribution >= 0.6 is 11.6 Å². The lowest BCUT2D eigenvalue weighted by molar-refractivity contribution is -0.137. The molecule has 0 aliphatic rings. The average Bonchev–Trinajstić information content (AvgIpc) is 2.37. The summed E-state index contributed by atoms with van der Waals surface area (Å²) in [4.78, 5) is 3.87. The van der Waals surface area contributed by atoms with Crippen LogP contribution in [-0.2, 0) is 6.18 Å². The summed E-state index contributed by atoms with van der Waals surface area (Å²) in [6.45, 7) is 0. The second-order valence-electron chi connectivity index (χ2n) is 3.79. The van der Waals surface area contributed by atoms with Crippen LogP contribution in [0.25, 0.3) is 0 Å². The van der Waals surface area contributed by atoms with Crippen molar-refractivity contribution in [2.45, 2.75) is 6.18 Å². The van der Waals surface area contributed by atoms with Gasteiger partial charge in [-0.15, -0.1) is 0 Å². The van der Waals surface area contributed by atoms with Gasteiger partial charge < -0.3 is 0 Å². The fraction of sp³-hybridized carbons (Fsp3) is 0.0714. The molecule has 0 spiro atoms. The maximum Gasteiger partial charge on any atom is 0.418 e. The Balaban J connectivity index is 2.37. The molecule has 5 heteroatoms. The molecule has 0 saturated carbocycles. The third kappa shape index (κ3) is 3.35. The summed E-state index contributed by atoms with van der Waals surface area (Å²) in [6, 6.07) is 12.0. The first-order valence-corrected chi connectivity index (χ1v) is 5.81. The summed E-state index contributed by atoms with van der Waals surface area (Å²) in [6.07, 6.45) is -3.10. The van der Waals surface area contributed by atoms with E-state index in [0.29, 0.717) is 10.6 Å². The van der Waals surface area contributed by atoms with Crippen LogP contribution in [0, 0.1) is 0 Å². The Morgan fingerprint density at radius 1 is 0.947 bits per heavy atom. The fourth-order valence-corrected chi connectivity index (χ4v) is 1.73. The molecule has 0 heterocycles. The predicted molar refractivity (Wildman–Crippen MR) is 70.2 cm³/mol. The molecule has 19 heavy (non-hydrogen) atoms. The van der Waals surface area contributed by atoms with E-state index in [1.54, 1.807) is 24.3 Å². The quantitative estimate of drug-likeness (QED) is 0.679. The van der Waals surface area contributed by atoms with Gasteiger partial charge in [0, 0.05) is 16.8 Å². The number of benzene rings is 2. The van der Waals surface area contributed by atoms with E-state index < -0.39 is 11.7 Å². The van der Waals surface area contributed by atoms with Crippen molar-refractivity contribution in [1.82, 2.24) is 0 Å². The van der Waals surface area contributed by atoms with Crippen molar-refractivity contribution in [3.05, 3.63) is 64.7 Å². The van der Waals surface area contributed by atoms with E-state index in [-0.39, 0.29) is 5.69 Å². The van der Waals surface area contributed by atoms with E-state index in [9.17, 15) is 13.2 Å². The number of halogens is 4. The Labute approximate surface area is 113 Å². The molecule has 0 radical (unpaired) electrons. The average molecular weight is 284 g/mol. The Bertz CT molecular complexity index is 606. The van der Waals surface area contributed by atoms with Gasteiger partial charge in [0.1, 0.15) is 0 Å². The highest BCUT2D eigenvalue weighted by molar-refractivity contribution is 6.33. The molecule has 1 nitrogen and oxygen atoms in total. The molecule has 98 valence electrons. The molecule has 0 saturated heterocycles. The predicted octanol–water partition coefficient (Wildman–Crippen LogP) is 5.11. The third-order valence-electron chi connectivity index (χ3n) is 2.46. The van der Waals surface area contributed by atoms with Gasteiger partial charge in [-0.2, -0.15) is 13.2 Å². The van der Waals surface area contributed by atoms with Crippen LogP contribution in [-0.4, -0.2) is 6.21 Å². The number of alkyl halides is 3. The molecular formula is C14H9ClF3N. The summed E-state index contributed by atoms with van der Waals surface area (Å²) in [5.41, 5.74) is -0.325. The second kappa shape index (κ2) is 5.45. The number of para-hydroxylation sites is 1. The lowest BCUT2D eigenvalue weighted by Gasteiger charge is -2.08. The number of hydrogen-bond donors (Lipinski definition) is 0. The summed E-state index contributed by atoms with van der Waals surface area (Å²) in [5, 5.41) is 0.440. The summed E-state index contributed by atoms with van der Waals surface area (Å²) in [5.74, 6) is 0. The molecule has 2 aromatic carbocycles. The number of aliphatic imine (C=N–C) groups is 1. The van der Waals surface area contributed by atoms with E-state index in [1.807, 2.05) is 0 Å². The van der Waals surface area contributed by atoms with Crippen molar-refractivity contribution in [3.8, 4) is 0 Å². The van der Waals surface area contributed by atoms with Gasteiger partial charge in [0.2, 0.25) is 0 Å². The molecule has 0 bridgehead atoms. The minimum absolute atomic E-state index is 0.130. The zero-order valence-corrected chi connectivity index (χ0v) is 10.4. The molecule has 0 unspecified atom stereocenters. The largest absolute Gasteiger partial charge is 0.418 e. The maximum atomic E-state index is 12.8. The second-order valence-corrected chi connectivity index (χ2v) is 4.20. The Morgan fingerprint density at radius 2 is 1.58 bits per heavy atom. The fourth-order valence-electron chi connectivity index (χ4n) is 1.54. The minimum atomic E-state index is -4.42.